The van der Waals surface area contributed by atoms with Crippen molar-refractivity contribution in [1.82, 2.24) is 16.0 Å². The number of carbonyl (C=O) groups is 2. The van der Waals surface area contributed by atoms with Crippen molar-refractivity contribution in [2.45, 2.75) is 56.5 Å². The number of benzene rings is 1. The average Bonchev–Trinajstić information content (AvgIpc) is 3.34. The maximum atomic E-state index is 11.9. The van der Waals surface area contributed by atoms with Crippen LogP contribution in [0.4, 0.5) is 4.79 Å². The summed E-state index contributed by atoms with van der Waals surface area (Å²) in [5, 5.41) is 8.58. The molecule has 2 atom stereocenters. The van der Waals surface area contributed by atoms with Crippen LogP contribution < -0.4 is 16.0 Å². The molecule has 0 bridgehead atoms. The second-order valence-electron chi connectivity index (χ2n) is 6.59. The number of hydrogen-bond donors (Lipinski definition) is 3. The van der Waals surface area contributed by atoms with Gasteiger partial charge in [-0.25, -0.2) is 4.79 Å². The fraction of sp³-hybridized carbons (Fsp3) is 0.556. The van der Waals surface area contributed by atoms with E-state index in [2.05, 4.69) is 28.1 Å². The predicted molar refractivity (Wildman–Crippen MR) is 89.1 cm³/mol. The number of nitrogens with one attached hydrogen (secondary N) is 3. The number of rotatable bonds is 5. The SMILES string of the molecule is O=C(CNC(=O)N[C@H]1C[C@@H]1c1ccccc1)NC1CCCCC1. The van der Waals surface area contributed by atoms with Gasteiger partial charge < -0.3 is 16.0 Å². The fourth-order valence-corrected chi connectivity index (χ4v) is 3.33. The highest BCUT2D eigenvalue weighted by atomic mass is 16.2. The summed E-state index contributed by atoms with van der Waals surface area (Å²) in [6, 6.07) is 10.4. The molecule has 3 rings (SSSR count). The first-order valence-electron chi connectivity index (χ1n) is 8.61. The third-order valence-electron chi connectivity index (χ3n) is 4.71. The topological polar surface area (TPSA) is 70.2 Å². The molecule has 2 aliphatic rings. The van der Waals surface area contributed by atoms with Crippen LogP contribution in [0.15, 0.2) is 30.3 Å². The largest absolute Gasteiger partial charge is 0.352 e. The first-order valence-corrected chi connectivity index (χ1v) is 8.61. The van der Waals surface area contributed by atoms with E-state index >= 15 is 0 Å². The quantitative estimate of drug-likeness (QED) is 0.780. The van der Waals surface area contributed by atoms with Gasteiger partial charge in [-0.3, -0.25) is 4.79 Å². The summed E-state index contributed by atoms with van der Waals surface area (Å²) < 4.78 is 0. The van der Waals surface area contributed by atoms with Crippen LogP contribution in [-0.4, -0.2) is 30.6 Å². The Morgan fingerprint density at radius 1 is 1.00 bits per heavy atom. The second-order valence-corrected chi connectivity index (χ2v) is 6.59. The fourth-order valence-electron chi connectivity index (χ4n) is 3.33. The molecule has 3 N–H and O–H groups in total. The van der Waals surface area contributed by atoms with E-state index in [0.717, 1.165) is 19.3 Å². The molecule has 124 valence electrons. The van der Waals surface area contributed by atoms with Crippen LogP contribution >= 0.6 is 0 Å². The molecule has 3 amide bonds. The van der Waals surface area contributed by atoms with E-state index < -0.39 is 0 Å². The molecule has 5 heteroatoms. The Labute approximate surface area is 137 Å². The molecule has 0 heterocycles. The monoisotopic (exact) mass is 315 g/mol. The van der Waals surface area contributed by atoms with Gasteiger partial charge in [-0.15, -0.1) is 0 Å². The van der Waals surface area contributed by atoms with Crippen LogP contribution in [-0.2, 0) is 4.79 Å². The first kappa shape index (κ1) is 15.8. The van der Waals surface area contributed by atoms with Crippen molar-refractivity contribution in [3.05, 3.63) is 35.9 Å². The molecule has 1 aromatic carbocycles. The lowest BCUT2D eigenvalue weighted by Gasteiger charge is -2.22. The summed E-state index contributed by atoms with van der Waals surface area (Å²) in [5.74, 6) is 0.306. The zero-order chi connectivity index (χ0) is 16.1. The van der Waals surface area contributed by atoms with Crippen LogP contribution in [0, 0.1) is 0 Å². The zero-order valence-corrected chi connectivity index (χ0v) is 13.4. The van der Waals surface area contributed by atoms with Gasteiger partial charge in [0, 0.05) is 18.0 Å². The van der Waals surface area contributed by atoms with Gasteiger partial charge in [0.2, 0.25) is 5.91 Å². The Bertz CT molecular complexity index is 540. The van der Waals surface area contributed by atoms with Crippen LogP contribution in [0.5, 0.6) is 0 Å². The molecule has 2 saturated carbocycles. The molecule has 1 aromatic rings. The van der Waals surface area contributed by atoms with Gasteiger partial charge in [0.15, 0.2) is 0 Å². The standard InChI is InChI=1S/C18H25N3O2/c22-17(20-14-9-5-2-6-10-14)12-19-18(23)21-16-11-15(16)13-7-3-1-4-8-13/h1,3-4,7-8,14-16H,2,5-6,9-12H2,(H,20,22)(H2,19,21,23)/t15-,16+/m1/s1. The zero-order valence-electron chi connectivity index (χ0n) is 13.4. The number of hydrogen-bond acceptors (Lipinski definition) is 2. The minimum absolute atomic E-state index is 0.0467. The van der Waals surface area contributed by atoms with Crippen molar-refractivity contribution in [2.24, 2.45) is 0 Å². The summed E-state index contributed by atoms with van der Waals surface area (Å²) in [5.41, 5.74) is 1.26. The Hall–Kier alpha value is -2.04. The summed E-state index contributed by atoms with van der Waals surface area (Å²) in [4.78, 5) is 23.7. The van der Waals surface area contributed by atoms with E-state index in [1.54, 1.807) is 0 Å². The lowest BCUT2D eigenvalue weighted by atomic mass is 9.95. The van der Waals surface area contributed by atoms with Crippen molar-refractivity contribution in [1.29, 1.82) is 0 Å². The summed E-state index contributed by atoms with van der Waals surface area (Å²) in [6.45, 7) is 0.0467. The van der Waals surface area contributed by atoms with Crippen molar-refractivity contribution in [3.8, 4) is 0 Å². The number of amides is 3. The molecule has 0 unspecified atom stereocenters. The third-order valence-corrected chi connectivity index (χ3v) is 4.71. The van der Waals surface area contributed by atoms with Crippen LogP contribution in [0.3, 0.4) is 0 Å². The van der Waals surface area contributed by atoms with E-state index in [1.807, 2.05) is 18.2 Å². The Balaban J connectivity index is 1.33. The van der Waals surface area contributed by atoms with Gasteiger partial charge in [0.05, 0.1) is 6.54 Å². The average molecular weight is 315 g/mol. The van der Waals surface area contributed by atoms with Crippen molar-refractivity contribution in [2.75, 3.05) is 6.54 Å². The molecular formula is C18H25N3O2. The van der Waals surface area contributed by atoms with Gasteiger partial charge >= 0.3 is 6.03 Å². The maximum absolute atomic E-state index is 11.9. The highest BCUT2D eigenvalue weighted by Crippen LogP contribution is 2.40. The first-order chi connectivity index (χ1) is 11.2. The second kappa shape index (κ2) is 7.49. The molecule has 0 spiro atoms. The predicted octanol–water partition coefficient (Wildman–Crippen LogP) is 2.29. The summed E-state index contributed by atoms with van der Waals surface area (Å²) >= 11 is 0. The van der Waals surface area contributed by atoms with Crippen molar-refractivity contribution in [3.63, 3.8) is 0 Å². The molecule has 2 aliphatic carbocycles. The van der Waals surface area contributed by atoms with Gasteiger partial charge in [-0.2, -0.15) is 0 Å². The van der Waals surface area contributed by atoms with E-state index in [4.69, 9.17) is 0 Å². The summed E-state index contributed by atoms with van der Waals surface area (Å²) in [6.07, 6.45) is 6.70. The van der Waals surface area contributed by atoms with E-state index in [0.29, 0.717) is 5.92 Å². The van der Waals surface area contributed by atoms with E-state index in [9.17, 15) is 9.59 Å². The lowest BCUT2D eigenvalue weighted by Crippen LogP contribution is -2.45. The maximum Gasteiger partial charge on any atom is 0.315 e. The molecular weight excluding hydrogens is 290 g/mol. The normalized spacial score (nSPS) is 23.8. The highest BCUT2D eigenvalue weighted by Gasteiger charge is 2.39. The minimum Gasteiger partial charge on any atom is -0.352 e. The highest BCUT2D eigenvalue weighted by molar-refractivity contribution is 5.84. The summed E-state index contributed by atoms with van der Waals surface area (Å²) in [7, 11) is 0. The van der Waals surface area contributed by atoms with E-state index in [-0.39, 0.29) is 30.6 Å². The van der Waals surface area contributed by atoms with Crippen LogP contribution in [0.1, 0.15) is 50.0 Å². The lowest BCUT2D eigenvalue weighted by molar-refractivity contribution is -0.121. The minimum atomic E-state index is -0.257. The van der Waals surface area contributed by atoms with Gasteiger partial charge in [0.1, 0.15) is 0 Å². The number of urea groups is 1. The smallest absolute Gasteiger partial charge is 0.315 e. The molecule has 0 aliphatic heterocycles. The Morgan fingerprint density at radius 2 is 1.74 bits per heavy atom. The Morgan fingerprint density at radius 3 is 2.48 bits per heavy atom. The molecule has 5 nitrogen and oxygen atoms in total. The van der Waals surface area contributed by atoms with Gasteiger partial charge in [-0.05, 0) is 24.8 Å². The molecule has 2 fully saturated rings. The van der Waals surface area contributed by atoms with Gasteiger partial charge in [-0.1, -0.05) is 49.6 Å². The number of carbonyl (C=O) groups excluding carboxylic acids is 2. The van der Waals surface area contributed by atoms with Crippen LogP contribution in [0.25, 0.3) is 0 Å². The molecule has 0 radical (unpaired) electrons. The molecule has 0 aromatic heterocycles. The van der Waals surface area contributed by atoms with Crippen molar-refractivity contribution >= 4 is 11.9 Å². The van der Waals surface area contributed by atoms with Crippen LogP contribution in [0.2, 0.25) is 0 Å². The van der Waals surface area contributed by atoms with E-state index in [1.165, 1.54) is 24.8 Å². The Kier molecular flexibility index (Phi) is 5.16. The third kappa shape index (κ3) is 4.71. The molecule has 23 heavy (non-hydrogen) atoms. The van der Waals surface area contributed by atoms with Gasteiger partial charge in [0.25, 0.3) is 0 Å². The molecule has 0 saturated heterocycles. The van der Waals surface area contributed by atoms with Crippen molar-refractivity contribution < 1.29 is 9.59 Å².